The SMILES string of the molecule is C[C@@H](CNCc1cn[nH]c1-c1cccnc1)N1CCOCC1. The highest BCUT2D eigenvalue weighted by atomic mass is 16.5. The van der Waals surface area contributed by atoms with Crippen molar-refractivity contribution in [3.8, 4) is 11.3 Å². The zero-order valence-electron chi connectivity index (χ0n) is 13.0. The van der Waals surface area contributed by atoms with Gasteiger partial charge < -0.3 is 10.1 Å². The highest BCUT2D eigenvalue weighted by Crippen LogP contribution is 2.19. The van der Waals surface area contributed by atoms with E-state index < -0.39 is 0 Å². The van der Waals surface area contributed by atoms with Gasteiger partial charge in [0.2, 0.25) is 0 Å². The van der Waals surface area contributed by atoms with Crippen molar-refractivity contribution in [2.45, 2.75) is 19.5 Å². The summed E-state index contributed by atoms with van der Waals surface area (Å²) in [6.45, 7) is 7.75. The standard InChI is InChI=1S/C16H23N5O/c1-13(21-5-7-22-8-6-21)9-18-11-15-12-19-20-16(15)14-3-2-4-17-10-14/h2-4,10,12-13,18H,5-9,11H2,1H3,(H,19,20)/t13-/m0/s1. The third-order valence-corrected chi connectivity index (χ3v) is 4.09. The number of nitrogens with one attached hydrogen (secondary N) is 2. The van der Waals surface area contributed by atoms with Crippen LogP contribution in [0.15, 0.2) is 30.7 Å². The number of pyridine rings is 1. The summed E-state index contributed by atoms with van der Waals surface area (Å²) in [4.78, 5) is 6.63. The van der Waals surface area contributed by atoms with Gasteiger partial charge in [-0.15, -0.1) is 0 Å². The zero-order chi connectivity index (χ0) is 15.2. The van der Waals surface area contributed by atoms with Crippen LogP contribution in [0.4, 0.5) is 0 Å². The van der Waals surface area contributed by atoms with Gasteiger partial charge >= 0.3 is 0 Å². The maximum Gasteiger partial charge on any atom is 0.0710 e. The molecule has 1 saturated heterocycles. The van der Waals surface area contributed by atoms with E-state index in [1.807, 2.05) is 24.5 Å². The molecular formula is C16H23N5O. The fourth-order valence-corrected chi connectivity index (χ4v) is 2.77. The first kappa shape index (κ1) is 15.1. The van der Waals surface area contributed by atoms with Crippen molar-refractivity contribution in [1.82, 2.24) is 25.4 Å². The fraction of sp³-hybridized carbons (Fsp3) is 0.500. The number of aromatic nitrogens is 3. The number of aromatic amines is 1. The Bertz CT molecular complexity index is 565. The summed E-state index contributed by atoms with van der Waals surface area (Å²) in [6.07, 6.45) is 5.52. The first-order chi connectivity index (χ1) is 10.8. The smallest absolute Gasteiger partial charge is 0.0710 e. The van der Waals surface area contributed by atoms with E-state index in [-0.39, 0.29) is 0 Å². The molecule has 0 spiro atoms. The van der Waals surface area contributed by atoms with E-state index in [9.17, 15) is 0 Å². The second-order valence-electron chi connectivity index (χ2n) is 5.64. The van der Waals surface area contributed by atoms with Crippen LogP contribution in [0.3, 0.4) is 0 Å². The summed E-state index contributed by atoms with van der Waals surface area (Å²) in [7, 11) is 0. The summed E-state index contributed by atoms with van der Waals surface area (Å²) in [5.41, 5.74) is 3.28. The molecule has 2 N–H and O–H groups in total. The molecule has 6 heteroatoms. The Labute approximate surface area is 130 Å². The number of ether oxygens (including phenoxy) is 1. The van der Waals surface area contributed by atoms with E-state index in [2.05, 4.69) is 32.3 Å². The average Bonchev–Trinajstić information content (AvgIpc) is 3.05. The molecule has 0 saturated carbocycles. The van der Waals surface area contributed by atoms with E-state index in [1.165, 1.54) is 5.56 Å². The molecule has 6 nitrogen and oxygen atoms in total. The van der Waals surface area contributed by atoms with Crippen LogP contribution < -0.4 is 5.32 Å². The van der Waals surface area contributed by atoms with Crippen LogP contribution in [0.1, 0.15) is 12.5 Å². The summed E-state index contributed by atoms with van der Waals surface area (Å²) < 4.78 is 5.40. The lowest BCUT2D eigenvalue weighted by Crippen LogP contribution is -2.46. The lowest BCUT2D eigenvalue weighted by Gasteiger charge is -2.32. The van der Waals surface area contributed by atoms with Gasteiger partial charge in [-0.3, -0.25) is 15.0 Å². The van der Waals surface area contributed by atoms with Gasteiger partial charge in [-0.25, -0.2) is 0 Å². The van der Waals surface area contributed by atoms with Crippen molar-refractivity contribution in [3.05, 3.63) is 36.3 Å². The molecule has 2 aromatic heterocycles. The van der Waals surface area contributed by atoms with Crippen molar-refractivity contribution in [1.29, 1.82) is 0 Å². The minimum absolute atomic E-state index is 0.512. The van der Waals surface area contributed by atoms with Gasteiger partial charge in [0, 0.05) is 55.7 Å². The number of rotatable bonds is 6. The molecule has 2 aromatic rings. The van der Waals surface area contributed by atoms with E-state index in [1.54, 1.807) is 6.20 Å². The molecule has 0 aliphatic carbocycles. The van der Waals surface area contributed by atoms with E-state index in [0.717, 1.165) is 50.7 Å². The Morgan fingerprint density at radius 1 is 1.36 bits per heavy atom. The van der Waals surface area contributed by atoms with Gasteiger partial charge in [0.15, 0.2) is 0 Å². The largest absolute Gasteiger partial charge is 0.379 e. The zero-order valence-corrected chi connectivity index (χ0v) is 13.0. The Hall–Kier alpha value is -1.76. The van der Waals surface area contributed by atoms with Gasteiger partial charge in [0.05, 0.1) is 25.1 Å². The molecule has 1 aliphatic rings. The number of hydrogen-bond acceptors (Lipinski definition) is 5. The molecule has 0 bridgehead atoms. The summed E-state index contributed by atoms with van der Waals surface area (Å²) >= 11 is 0. The van der Waals surface area contributed by atoms with Crippen molar-refractivity contribution in [3.63, 3.8) is 0 Å². The van der Waals surface area contributed by atoms with Gasteiger partial charge in [-0.2, -0.15) is 5.10 Å². The molecule has 0 radical (unpaired) electrons. The van der Waals surface area contributed by atoms with Crippen LogP contribution in [-0.4, -0.2) is 59.0 Å². The highest BCUT2D eigenvalue weighted by Gasteiger charge is 2.16. The third kappa shape index (κ3) is 3.71. The van der Waals surface area contributed by atoms with Crippen LogP contribution >= 0.6 is 0 Å². The predicted molar refractivity (Wildman–Crippen MR) is 85.4 cm³/mol. The Kier molecular flexibility index (Phi) is 5.15. The summed E-state index contributed by atoms with van der Waals surface area (Å²) in [5, 5.41) is 10.8. The Morgan fingerprint density at radius 2 is 2.23 bits per heavy atom. The normalized spacial score (nSPS) is 17.5. The molecule has 3 heterocycles. The minimum atomic E-state index is 0.512. The molecule has 1 fully saturated rings. The molecule has 0 aromatic carbocycles. The van der Waals surface area contributed by atoms with Crippen molar-refractivity contribution < 1.29 is 4.74 Å². The van der Waals surface area contributed by atoms with E-state index in [4.69, 9.17) is 4.74 Å². The monoisotopic (exact) mass is 301 g/mol. The predicted octanol–water partition coefficient (Wildman–Crippen LogP) is 1.28. The highest BCUT2D eigenvalue weighted by molar-refractivity contribution is 5.61. The molecule has 3 rings (SSSR count). The Balaban J connectivity index is 1.53. The number of H-pyrrole nitrogens is 1. The van der Waals surface area contributed by atoms with Gasteiger partial charge in [-0.05, 0) is 19.1 Å². The molecule has 0 amide bonds. The quantitative estimate of drug-likeness (QED) is 0.841. The van der Waals surface area contributed by atoms with Gasteiger partial charge in [0.1, 0.15) is 0 Å². The van der Waals surface area contributed by atoms with Crippen LogP contribution in [-0.2, 0) is 11.3 Å². The molecule has 22 heavy (non-hydrogen) atoms. The van der Waals surface area contributed by atoms with Crippen LogP contribution in [0.5, 0.6) is 0 Å². The summed E-state index contributed by atoms with van der Waals surface area (Å²) in [5.74, 6) is 0. The van der Waals surface area contributed by atoms with Crippen LogP contribution in [0.2, 0.25) is 0 Å². The van der Waals surface area contributed by atoms with Crippen molar-refractivity contribution >= 4 is 0 Å². The third-order valence-electron chi connectivity index (χ3n) is 4.09. The van der Waals surface area contributed by atoms with Crippen LogP contribution in [0, 0.1) is 0 Å². The second kappa shape index (κ2) is 7.49. The first-order valence-corrected chi connectivity index (χ1v) is 7.80. The number of nitrogens with zero attached hydrogens (tertiary/aromatic N) is 3. The molecule has 1 atom stereocenters. The molecule has 1 aliphatic heterocycles. The first-order valence-electron chi connectivity index (χ1n) is 7.80. The van der Waals surface area contributed by atoms with Crippen molar-refractivity contribution in [2.75, 3.05) is 32.8 Å². The lowest BCUT2D eigenvalue weighted by atomic mass is 10.1. The fourth-order valence-electron chi connectivity index (χ4n) is 2.77. The maximum absolute atomic E-state index is 5.40. The van der Waals surface area contributed by atoms with E-state index in [0.29, 0.717) is 6.04 Å². The van der Waals surface area contributed by atoms with Crippen LogP contribution in [0.25, 0.3) is 11.3 Å². The molecule has 0 unspecified atom stereocenters. The number of hydrogen-bond donors (Lipinski definition) is 2. The van der Waals surface area contributed by atoms with Gasteiger partial charge in [0.25, 0.3) is 0 Å². The van der Waals surface area contributed by atoms with E-state index >= 15 is 0 Å². The van der Waals surface area contributed by atoms with Gasteiger partial charge in [-0.1, -0.05) is 0 Å². The Morgan fingerprint density at radius 3 is 3.00 bits per heavy atom. The second-order valence-corrected chi connectivity index (χ2v) is 5.64. The lowest BCUT2D eigenvalue weighted by molar-refractivity contribution is 0.0203. The minimum Gasteiger partial charge on any atom is -0.379 e. The molecular weight excluding hydrogens is 278 g/mol. The average molecular weight is 301 g/mol. The van der Waals surface area contributed by atoms with Crippen molar-refractivity contribution in [2.24, 2.45) is 0 Å². The number of morpholine rings is 1. The maximum atomic E-state index is 5.40. The topological polar surface area (TPSA) is 66.1 Å². The molecule has 118 valence electrons. The summed E-state index contributed by atoms with van der Waals surface area (Å²) in [6, 6.07) is 4.49.